The van der Waals surface area contributed by atoms with Crippen LogP contribution in [0.4, 0.5) is 0 Å². The highest BCUT2D eigenvalue weighted by atomic mass is 32.2. The summed E-state index contributed by atoms with van der Waals surface area (Å²) in [5, 5.41) is 0. The topological polar surface area (TPSA) is 101 Å². The minimum atomic E-state index is -3.72. The van der Waals surface area contributed by atoms with Crippen LogP contribution >= 0.6 is 0 Å². The van der Waals surface area contributed by atoms with Gasteiger partial charge in [0.2, 0.25) is 10.0 Å². The number of esters is 1. The smallest absolute Gasteiger partial charge is 0.306 e. The van der Waals surface area contributed by atoms with E-state index in [-0.39, 0.29) is 17.9 Å². The average molecular weight is 359 g/mol. The molecule has 2 N–H and O–H groups in total. The molecule has 1 heterocycles. The van der Waals surface area contributed by atoms with Gasteiger partial charge < -0.3 is 9.72 Å². The molecular formula is C17H17N3O4S. The Morgan fingerprint density at radius 3 is 2.68 bits per heavy atom. The number of carbonyl (C=O) groups is 1. The molecule has 3 aromatic rings. The summed E-state index contributed by atoms with van der Waals surface area (Å²) in [6.07, 6.45) is -0.0276. The quantitative estimate of drug-likeness (QED) is 0.656. The maximum Gasteiger partial charge on any atom is 0.306 e. The number of methoxy groups -OCH3 is 1. The summed E-state index contributed by atoms with van der Waals surface area (Å²) < 4.78 is 31.5. The van der Waals surface area contributed by atoms with Gasteiger partial charge >= 0.3 is 5.97 Å². The van der Waals surface area contributed by atoms with Crippen molar-refractivity contribution in [2.24, 2.45) is 0 Å². The maximum absolute atomic E-state index is 12.3. The van der Waals surface area contributed by atoms with E-state index in [4.69, 9.17) is 0 Å². The van der Waals surface area contributed by atoms with Crippen LogP contribution in [0.15, 0.2) is 53.4 Å². The van der Waals surface area contributed by atoms with E-state index >= 15 is 0 Å². The second kappa shape index (κ2) is 7.04. The number of aromatic nitrogens is 2. The molecule has 8 heteroatoms. The third-order valence-corrected chi connectivity index (χ3v) is 5.12. The Morgan fingerprint density at radius 1 is 1.20 bits per heavy atom. The van der Waals surface area contributed by atoms with Gasteiger partial charge in [-0.2, -0.15) is 0 Å². The maximum atomic E-state index is 12.3. The number of hydrogen-bond acceptors (Lipinski definition) is 5. The number of rotatable bonds is 6. The summed E-state index contributed by atoms with van der Waals surface area (Å²) in [5.41, 5.74) is 2.21. The zero-order valence-electron chi connectivity index (χ0n) is 13.5. The molecule has 2 aromatic carbocycles. The van der Waals surface area contributed by atoms with E-state index in [1.165, 1.54) is 19.2 Å². The Labute approximate surface area is 145 Å². The lowest BCUT2D eigenvalue weighted by Crippen LogP contribution is -2.26. The third-order valence-electron chi connectivity index (χ3n) is 3.66. The van der Waals surface area contributed by atoms with Gasteiger partial charge in [-0.15, -0.1) is 0 Å². The molecule has 0 bridgehead atoms. The van der Waals surface area contributed by atoms with E-state index in [2.05, 4.69) is 19.4 Å². The van der Waals surface area contributed by atoms with E-state index in [9.17, 15) is 13.2 Å². The number of nitrogens with zero attached hydrogens (tertiary/aromatic N) is 1. The number of benzene rings is 2. The highest BCUT2D eigenvalue weighted by Crippen LogP contribution is 2.22. The van der Waals surface area contributed by atoms with Crippen LogP contribution in [0.25, 0.3) is 22.4 Å². The van der Waals surface area contributed by atoms with Gasteiger partial charge in [-0.3, -0.25) is 4.79 Å². The summed E-state index contributed by atoms with van der Waals surface area (Å²) >= 11 is 0. The van der Waals surface area contributed by atoms with Gasteiger partial charge in [-0.25, -0.2) is 18.1 Å². The first-order valence-corrected chi connectivity index (χ1v) is 9.09. The van der Waals surface area contributed by atoms with E-state index in [0.717, 1.165) is 5.56 Å². The van der Waals surface area contributed by atoms with Crippen LogP contribution < -0.4 is 4.72 Å². The number of hydrogen-bond donors (Lipinski definition) is 2. The van der Waals surface area contributed by atoms with E-state index < -0.39 is 16.0 Å². The number of fused-ring (bicyclic) bond motifs is 1. The molecule has 25 heavy (non-hydrogen) atoms. The van der Waals surface area contributed by atoms with Crippen molar-refractivity contribution in [2.75, 3.05) is 13.7 Å². The van der Waals surface area contributed by atoms with Gasteiger partial charge in [0.15, 0.2) is 0 Å². The fourth-order valence-electron chi connectivity index (χ4n) is 2.36. The molecule has 0 atom stereocenters. The molecule has 3 rings (SSSR count). The van der Waals surface area contributed by atoms with Crippen LogP contribution in [0.5, 0.6) is 0 Å². The number of imidazole rings is 1. The van der Waals surface area contributed by atoms with Crippen LogP contribution in [0, 0.1) is 0 Å². The van der Waals surface area contributed by atoms with Crippen LogP contribution in [-0.2, 0) is 19.6 Å². The predicted octanol–water partition coefficient (Wildman–Crippen LogP) is 2.07. The predicted molar refractivity (Wildman–Crippen MR) is 93.4 cm³/mol. The van der Waals surface area contributed by atoms with Crippen molar-refractivity contribution in [3.8, 4) is 11.4 Å². The molecular weight excluding hydrogens is 342 g/mol. The molecule has 0 aliphatic carbocycles. The average Bonchev–Trinajstić information content (AvgIpc) is 3.05. The molecule has 0 spiro atoms. The summed E-state index contributed by atoms with van der Waals surface area (Å²) in [4.78, 5) is 18.8. The highest BCUT2D eigenvalue weighted by molar-refractivity contribution is 7.89. The molecule has 0 fully saturated rings. The van der Waals surface area contributed by atoms with Crippen molar-refractivity contribution in [3.63, 3.8) is 0 Å². The third kappa shape index (κ3) is 3.86. The Bertz CT molecular complexity index is 997. The van der Waals surface area contributed by atoms with Gasteiger partial charge in [0.25, 0.3) is 0 Å². The molecule has 0 aliphatic heterocycles. The number of aromatic amines is 1. The second-order valence-electron chi connectivity index (χ2n) is 5.35. The highest BCUT2D eigenvalue weighted by Gasteiger charge is 2.16. The Kier molecular flexibility index (Phi) is 4.82. The SMILES string of the molecule is COC(=O)CCNS(=O)(=O)c1ccc2nc(-c3ccccc3)[nH]c2c1. The number of ether oxygens (including phenoxy) is 1. The standard InChI is InChI=1S/C17H17N3O4S/c1-24-16(21)9-10-18-25(22,23)13-7-8-14-15(11-13)20-17(19-14)12-5-3-2-4-6-12/h2-8,11,18H,9-10H2,1H3,(H,19,20). The lowest BCUT2D eigenvalue weighted by atomic mass is 10.2. The van der Waals surface area contributed by atoms with Crippen molar-refractivity contribution in [3.05, 3.63) is 48.5 Å². The zero-order chi connectivity index (χ0) is 17.9. The lowest BCUT2D eigenvalue weighted by Gasteiger charge is -2.06. The van der Waals surface area contributed by atoms with Gasteiger partial charge in [-0.1, -0.05) is 30.3 Å². The molecule has 1 aromatic heterocycles. The van der Waals surface area contributed by atoms with E-state index in [1.54, 1.807) is 6.07 Å². The Hall–Kier alpha value is -2.71. The van der Waals surface area contributed by atoms with Crippen molar-refractivity contribution >= 4 is 27.0 Å². The van der Waals surface area contributed by atoms with Crippen molar-refractivity contribution in [1.29, 1.82) is 0 Å². The molecule has 7 nitrogen and oxygen atoms in total. The molecule has 0 saturated carbocycles. The number of nitrogens with one attached hydrogen (secondary N) is 2. The summed E-state index contributed by atoms with van der Waals surface area (Å²) in [7, 11) is -2.46. The molecule has 0 unspecified atom stereocenters. The van der Waals surface area contributed by atoms with Gasteiger partial charge in [-0.05, 0) is 18.2 Å². The fourth-order valence-corrected chi connectivity index (χ4v) is 3.42. The van der Waals surface area contributed by atoms with Crippen LogP contribution in [0.2, 0.25) is 0 Å². The van der Waals surface area contributed by atoms with Crippen LogP contribution in [-0.4, -0.2) is 38.0 Å². The van der Waals surface area contributed by atoms with Crippen molar-refractivity contribution in [2.45, 2.75) is 11.3 Å². The van der Waals surface area contributed by atoms with Gasteiger partial charge in [0.1, 0.15) is 5.82 Å². The minimum absolute atomic E-state index is 0.0225. The Balaban J connectivity index is 1.84. The van der Waals surface area contributed by atoms with Crippen molar-refractivity contribution < 1.29 is 17.9 Å². The number of carbonyl (C=O) groups excluding carboxylic acids is 1. The number of H-pyrrole nitrogens is 1. The van der Waals surface area contributed by atoms with E-state index in [0.29, 0.717) is 16.9 Å². The molecule has 130 valence electrons. The van der Waals surface area contributed by atoms with Crippen molar-refractivity contribution in [1.82, 2.24) is 14.7 Å². The normalized spacial score (nSPS) is 11.6. The first kappa shape index (κ1) is 17.1. The molecule has 0 amide bonds. The number of sulfonamides is 1. The molecule has 0 radical (unpaired) electrons. The fraction of sp³-hybridized carbons (Fsp3) is 0.176. The second-order valence-corrected chi connectivity index (χ2v) is 7.12. The largest absolute Gasteiger partial charge is 0.469 e. The molecule has 0 saturated heterocycles. The summed E-state index contributed by atoms with van der Waals surface area (Å²) in [6, 6.07) is 14.2. The minimum Gasteiger partial charge on any atom is -0.469 e. The monoisotopic (exact) mass is 359 g/mol. The van der Waals surface area contributed by atoms with Gasteiger partial charge in [0.05, 0.1) is 29.5 Å². The lowest BCUT2D eigenvalue weighted by molar-refractivity contribution is -0.140. The first-order valence-electron chi connectivity index (χ1n) is 7.61. The first-order chi connectivity index (χ1) is 12.0. The summed E-state index contributed by atoms with van der Waals surface area (Å²) in [5.74, 6) is 0.197. The zero-order valence-corrected chi connectivity index (χ0v) is 14.3. The van der Waals surface area contributed by atoms with Crippen LogP contribution in [0.1, 0.15) is 6.42 Å². The van der Waals surface area contributed by atoms with Crippen LogP contribution in [0.3, 0.4) is 0 Å². The molecule has 0 aliphatic rings. The Morgan fingerprint density at radius 2 is 1.96 bits per heavy atom. The van der Waals surface area contributed by atoms with E-state index in [1.807, 2.05) is 30.3 Å². The van der Waals surface area contributed by atoms with Gasteiger partial charge in [0, 0.05) is 12.1 Å². The summed E-state index contributed by atoms with van der Waals surface area (Å²) in [6.45, 7) is -0.0225.